The SMILES string of the molecule is S=C(S)NCCCCCCCCCc1ccccc1. The standard InChI is InChI=1S/C16H25NS2/c18-16(19)17-14-10-5-3-1-2-4-7-11-15-12-8-6-9-13-15/h6,8-9,12-13H,1-5,7,10-11,14H2,(H2,17,18,19). The molecule has 0 unspecified atom stereocenters. The highest BCUT2D eigenvalue weighted by Gasteiger charge is 1.94. The van der Waals surface area contributed by atoms with Crippen LogP contribution in [-0.2, 0) is 6.42 Å². The second kappa shape index (κ2) is 11.3. The van der Waals surface area contributed by atoms with Crippen molar-refractivity contribution in [1.82, 2.24) is 5.32 Å². The Kier molecular flexibility index (Phi) is 9.82. The average Bonchev–Trinajstić information content (AvgIpc) is 2.42. The van der Waals surface area contributed by atoms with E-state index in [1.54, 1.807) is 0 Å². The molecule has 1 N–H and O–H groups in total. The fourth-order valence-corrected chi connectivity index (χ4v) is 2.39. The number of rotatable bonds is 10. The van der Waals surface area contributed by atoms with Gasteiger partial charge in [0, 0.05) is 6.54 Å². The van der Waals surface area contributed by atoms with Gasteiger partial charge in [-0.2, -0.15) is 0 Å². The van der Waals surface area contributed by atoms with Crippen molar-refractivity contribution < 1.29 is 0 Å². The van der Waals surface area contributed by atoms with Crippen LogP contribution >= 0.6 is 24.8 Å². The Bertz CT molecular complexity index is 338. The molecule has 0 atom stereocenters. The maximum absolute atomic E-state index is 4.84. The van der Waals surface area contributed by atoms with Crippen LogP contribution in [0.5, 0.6) is 0 Å². The van der Waals surface area contributed by atoms with Gasteiger partial charge in [-0.3, -0.25) is 0 Å². The molecule has 3 heteroatoms. The molecule has 1 nitrogen and oxygen atoms in total. The third-order valence-electron chi connectivity index (χ3n) is 3.26. The van der Waals surface area contributed by atoms with Crippen molar-refractivity contribution >= 4 is 29.2 Å². The Morgan fingerprint density at radius 3 is 2.11 bits per heavy atom. The lowest BCUT2D eigenvalue weighted by Gasteiger charge is -2.04. The van der Waals surface area contributed by atoms with Gasteiger partial charge in [-0.25, -0.2) is 0 Å². The summed E-state index contributed by atoms with van der Waals surface area (Å²) in [6.45, 7) is 0.969. The zero-order valence-corrected chi connectivity index (χ0v) is 13.3. The lowest BCUT2D eigenvalue weighted by Crippen LogP contribution is -2.17. The Morgan fingerprint density at radius 2 is 1.47 bits per heavy atom. The Hall–Kier alpha value is -0.540. The molecule has 0 saturated heterocycles. The number of thiol groups is 1. The van der Waals surface area contributed by atoms with Gasteiger partial charge >= 0.3 is 0 Å². The summed E-state index contributed by atoms with van der Waals surface area (Å²) >= 11 is 8.87. The van der Waals surface area contributed by atoms with Crippen molar-refractivity contribution in [2.45, 2.75) is 51.4 Å². The highest BCUT2D eigenvalue weighted by atomic mass is 32.1. The van der Waals surface area contributed by atoms with Gasteiger partial charge in [0.25, 0.3) is 0 Å². The lowest BCUT2D eigenvalue weighted by molar-refractivity contribution is 0.577. The summed E-state index contributed by atoms with van der Waals surface area (Å²) in [6.07, 6.45) is 10.5. The molecular formula is C16H25NS2. The highest BCUT2D eigenvalue weighted by Crippen LogP contribution is 2.10. The van der Waals surface area contributed by atoms with Crippen molar-refractivity contribution in [2.75, 3.05) is 6.54 Å². The van der Waals surface area contributed by atoms with Crippen molar-refractivity contribution in [1.29, 1.82) is 0 Å². The summed E-state index contributed by atoms with van der Waals surface area (Å²) in [4.78, 5) is 0. The molecule has 1 aromatic carbocycles. The third-order valence-corrected chi connectivity index (χ3v) is 3.56. The van der Waals surface area contributed by atoms with Gasteiger partial charge in [-0.15, -0.1) is 12.6 Å². The molecule has 0 amide bonds. The topological polar surface area (TPSA) is 12.0 Å². The van der Waals surface area contributed by atoms with Gasteiger partial charge in [0.05, 0.1) is 0 Å². The molecule has 0 saturated carbocycles. The summed E-state index contributed by atoms with van der Waals surface area (Å²) in [7, 11) is 0. The summed E-state index contributed by atoms with van der Waals surface area (Å²) in [5.74, 6) is 0. The van der Waals surface area contributed by atoms with Crippen LogP contribution < -0.4 is 5.32 Å². The Labute approximate surface area is 128 Å². The number of nitrogens with one attached hydrogen (secondary N) is 1. The smallest absolute Gasteiger partial charge is 0.130 e. The van der Waals surface area contributed by atoms with Crippen molar-refractivity contribution in [3.8, 4) is 0 Å². The first-order valence-electron chi connectivity index (χ1n) is 7.30. The van der Waals surface area contributed by atoms with Crippen LogP contribution in [-0.4, -0.2) is 10.9 Å². The van der Waals surface area contributed by atoms with Crippen LogP contribution in [0.15, 0.2) is 30.3 Å². The number of benzene rings is 1. The van der Waals surface area contributed by atoms with E-state index in [-0.39, 0.29) is 0 Å². The maximum atomic E-state index is 4.84. The first-order chi connectivity index (χ1) is 9.29. The number of hydrogen-bond acceptors (Lipinski definition) is 1. The van der Waals surface area contributed by atoms with E-state index >= 15 is 0 Å². The minimum Gasteiger partial charge on any atom is -0.371 e. The van der Waals surface area contributed by atoms with Crippen LogP contribution in [0.4, 0.5) is 0 Å². The van der Waals surface area contributed by atoms with Crippen LogP contribution in [0.3, 0.4) is 0 Å². The van der Waals surface area contributed by atoms with E-state index in [0.29, 0.717) is 4.32 Å². The molecule has 0 spiro atoms. The van der Waals surface area contributed by atoms with Crippen LogP contribution in [0.25, 0.3) is 0 Å². The minimum absolute atomic E-state index is 0.612. The third kappa shape index (κ3) is 9.97. The van der Waals surface area contributed by atoms with Crippen molar-refractivity contribution in [3.63, 3.8) is 0 Å². The Morgan fingerprint density at radius 1 is 0.895 bits per heavy atom. The number of hydrogen-bond donors (Lipinski definition) is 2. The molecular weight excluding hydrogens is 270 g/mol. The van der Waals surface area contributed by atoms with Gasteiger partial charge < -0.3 is 5.32 Å². The van der Waals surface area contributed by atoms with Crippen LogP contribution in [0, 0.1) is 0 Å². The van der Waals surface area contributed by atoms with E-state index in [2.05, 4.69) is 48.3 Å². The predicted molar refractivity (Wildman–Crippen MR) is 92.1 cm³/mol. The number of thiocarbonyl (C=S) groups is 1. The first kappa shape index (κ1) is 16.5. The van der Waals surface area contributed by atoms with Gasteiger partial charge in [0.15, 0.2) is 0 Å². The molecule has 0 aliphatic rings. The van der Waals surface area contributed by atoms with E-state index in [1.165, 1.54) is 56.9 Å². The van der Waals surface area contributed by atoms with Gasteiger partial charge in [0.1, 0.15) is 4.32 Å². The van der Waals surface area contributed by atoms with Crippen molar-refractivity contribution in [2.24, 2.45) is 0 Å². The van der Waals surface area contributed by atoms with Gasteiger partial charge in [0.2, 0.25) is 0 Å². The predicted octanol–water partition coefficient (Wildman–Crippen LogP) is 4.76. The van der Waals surface area contributed by atoms with Crippen LogP contribution in [0.1, 0.15) is 50.5 Å². The van der Waals surface area contributed by atoms with E-state index < -0.39 is 0 Å². The van der Waals surface area contributed by atoms with Crippen LogP contribution in [0.2, 0.25) is 0 Å². The lowest BCUT2D eigenvalue weighted by atomic mass is 10.0. The molecule has 19 heavy (non-hydrogen) atoms. The van der Waals surface area contributed by atoms with E-state index in [0.717, 1.165) is 6.54 Å². The second-order valence-corrected chi connectivity index (χ2v) is 6.10. The summed E-state index contributed by atoms with van der Waals surface area (Å²) in [6, 6.07) is 10.8. The molecule has 106 valence electrons. The first-order valence-corrected chi connectivity index (χ1v) is 8.15. The van der Waals surface area contributed by atoms with Crippen molar-refractivity contribution in [3.05, 3.63) is 35.9 Å². The quantitative estimate of drug-likeness (QED) is 0.366. The summed E-state index contributed by atoms with van der Waals surface area (Å²) < 4.78 is 0.612. The van der Waals surface area contributed by atoms with Gasteiger partial charge in [-0.05, 0) is 24.8 Å². The molecule has 1 rings (SSSR count). The summed E-state index contributed by atoms with van der Waals surface area (Å²) in [5, 5.41) is 3.07. The highest BCUT2D eigenvalue weighted by molar-refractivity contribution is 8.11. The summed E-state index contributed by atoms with van der Waals surface area (Å²) in [5.41, 5.74) is 1.47. The fourth-order valence-electron chi connectivity index (χ4n) is 2.18. The number of unbranched alkanes of at least 4 members (excludes halogenated alkanes) is 6. The van der Waals surface area contributed by atoms with E-state index in [1.807, 2.05) is 0 Å². The Balaban J connectivity index is 1.83. The molecule has 0 aliphatic heterocycles. The van der Waals surface area contributed by atoms with Gasteiger partial charge in [-0.1, -0.05) is 74.7 Å². The molecule has 0 aliphatic carbocycles. The molecule has 0 aromatic heterocycles. The average molecular weight is 296 g/mol. The molecule has 1 aromatic rings. The monoisotopic (exact) mass is 295 g/mol. The molecule has 0 heterocycles. The zero-order chi connectivity index (χ0) is 13.8. The normalized spacial score (nSPS) is 10.4. The second-order valence-electron chi connectivity index (χ2n) is 4.94. The largest absolute Gasteiger partial charge is 0.371 e. The fraction of sp³-hybridized carbons (Fsp3) is 0.562. The van der Waals surface area contributed by atoms with E-state index in [9.17, 15) is 0 Å². The maximum Gasteiger partial charge on any atom is 0.130 e. The minimum atomic E-state index is 0.612. The molecule has 0 radical (unpaired) electrons. The zero-order valence-electron chi connectivity index (χ0n) is 11.6. The number of aryl methyl sites for hydroxylation is 1. The molecule has 0 bridgehead atoms. The molecule has 0 fully saturated rings. The van der Waals surface area contributed by atoms with E-state index in [4.69, 9.17) is 12.2 Å².